The number of nitrogens with zero attached hydrogens (tertiary/aromatic N) is 2. The van der Waals surface area contributed by atoms with Gasteiger partial charge >= 0.3 is 5.97 Å². The van der Waals surface area contributed by atoms with Crippen LogP contribution in [-0.4, -0.2) is 34.2 Å². The Morgan fingerprint density at radius 1 is 1.23 bits per heavy atom. The lowest BCUT2D eigenvalue weighted by atomic mass is 9.81. The first-order chi connectivity index (χ1) is 12.4. The van der Waals surface area contributed by atoms with Crippen LogP contribution in [0, 0.1) is 22.0 Å². The number of hydrogen-bond donors (Lipinski definition) is 0. The van der Waals surface area contributed by atoms with Crippen molar-refractivity contribution in [3.05, 3.63) is 33.3 Å². The average molecular weight is 381 g/mol. The van der Waals surface area contributed by atoms with Gasteiger partial charge in [-0.2, -0.15) is 0 Å². The maximum absolute atomic E-state index is 12.3. The molecule has 0 aromatic heterocycles. The van der Waals surface area contributed by atoms with Gasteiger partial charge in [0, 0.05) is 18.7 Å². The first kappa shape index (κ1) is 18.3. The number of benzene rings is 1. The third kappa shape index (κ3) is 3.55. The monoisotopic (exact) mass is 380 g/mol. The molecule has 2 atom stereocenters. The van der Waals surface area contributed by atoms with Crippen LogP contribution in [0.5, 0.6) is 5.75 Å². The van der Waals surface area contributed by atoms with E-state index in [4.69, 9.17) is 16.3 Å². The number of esters is 1. The van der Waals surface area contributed by atoms with Crippen molar-refractivity contribution in [3.8, 4) is 5.75 Å². The zero-order chi connectivity index (χ0) is 18.8. The predicted molar refractivity (Wildman–Crippen MR) is 90.5 cm³/mol. The van der Waals surface area contributed by atoms with Crippen molar-refractivity contribution in [2.45, 2.75) is 32.1 Å². The number of fused-ring (bicyclic) bond motifs is 1. The lowest BCUT2D eigenvalue weighted by molar-refractivity contribution is -0.384. The summed E-state index contributed by atoms with van der Waals surface area (Å²) < 4.78 is 5.09. The molecule has 2 amide bonds. The van der Waals surface area contributed by atoms with E-state index in [9.17, 15) is 24.5 Å². The van der Waals surface area contributed by atoms with Gasteiger partial charge in [-0.05, 0) is 18.9 Å². The Morgan fingerprint density at radius 3 is 2.38 bits per heavy atom. The molecule has 1 saturated carbocycles. The summed E-state index contributed by atoms with van der Waals surface area (Å²) >= 11 is 5.87. The van der Waals surface area contributed by atoms with E-state index in [1.807, 2.05) is 0 Å². The number of imide groups is 1. The molecule has 1 aliphatic carbocycles. The van der Waals surface area contributed by atoms with Gasteiger partial charge in [-0.1, -0.05) is 24.4 Å². The van der Waals surface area contributed by atoms with Gasteiger partial charge in [0.1, 0.15) is 5.75 Å². The summed E-state index contributed by atoms with van der Waals surface area (Å²) in [6.45, 7) is -0.0336. The molecule has 8 nitrogen and oxygen atoms in total. The van der Waals surface area contributed by atoms with Gasteiger partial charge < -0.3 is 4.74 Å². The van der Waals surface area contributed by atoms with Gasteiger partial charge in [-0.15, -0.1) is 0 Å². The van der Waals surface area contributed by atoms with Crippen LogP contribution in [0.2, 0.25) is 5.02 Å². The quantitative estimate of drug-likeness (QED) is 0.255. The Labute approximate surface area is 154 Å². The number of likely N-dealkylation sites (tertiary alicyclic amines) is 1. The first-order valence-corrected chi connectivity index (χ1v) is 8.76. The van der Waals surface area contributed by atoms with E-state index in [1.54, 1.807) is 0 Å². The Balaban J connectivity index is 1.58. The standard InChI is InChI=1S/C17H17ClN2O6/c18-13-9-10(20(24)25)5-6-14(13)26-15(21)7-8-19-16(22)11-3-1-2-4-12(11)17(19)23/h5-6,9,11-12H,1-4,7-8H2/t11-,12+. The molecule has 1 aromatic carbocycles. The lowest BCUT2D eigenvalue weighted by Crippen LogP contribution is -2.33. The molecule has 1 aromatic rings. The second-order valence-electron chi connectivity index (χ2n) is 6.42. The Hall–Kier alpha value is -2.48. The summed E-state index contributed by atoms with van der Waals surface area (Å²) in [5, 5.41) is 10.6. The summed E-state index contributed by atoms with van der Waals surface area (Å²) in [7, 11) is 0. The van der Waals surface area contributed by atoms with Gasteiger partial charge in [-0.3, -0.25) is 29.4 Å². The van der Waals surface area contributed by atoms with E-state index >= 15 is 0 Å². The van der Waals surface area contributed by atoms with Crippen molar-refractivity contribution in [1.82, 2.24) is 4.90 Å². The second kappa shape index (κ2) is 7.41. The van der Waals surface area contributed by atoms with Crippen LogP contribution in [0.1, 0.15) is 32.1 Å². The number of halogens is 1. The normalized spacial score (nSPS) is 22.3. The van der Waals surface area contributed by atoms with Gasteiger partial charge in [-0.25, -0.2) is 0 Å². The molecular weight excluding hydrogens is 364 g/mol. The number of carbonyl (C=O) groups is 3. The van der Waals surface area contributed by atoms with Crippen molar-refractivity contribution in [2.75, 3.05) is 6.54 Å². The number of amides is 2. The number of nitro benzene ring substituents is 1. The molecule has 138 valence electrons. The SMILES string of the molecule is O=C(CCN1C(=O)[C@H]2CCCC[C@H]2C1=O)Oc1ccc([N+](=O)[O-])cc1Cl. The van der Waals surface area contributed by atoms with Gasteiger partial charge in [0.2, 0.25) is 11.8 Å². The number of ether oxygens (including phenoxy) is 1. The minimum absolute atomic E-state index is 0.00462. The molecule has 2 fully saturated rings. The molecular formula is C17H17ClN2O6. The van der Waals surface area contributed by atoms with E-state index in [1.165, 1.54) is 12.1 Å². The number of non-ortho nitro benzene ring substituents is 1. The molecule has 0 N–H and O–H groups in total. The Bertz CT molecular complexity index is 757. The zero-order valence-corrected chi connectivity index (χ0v) is 14.6. The van der Waals surface area contributed by atoms with Gasteiger partial charge in [0.05, 0.1) is 28.2 Å². The lowest BCUT2D eigenvalue weighted by Gasteiger charge is -2.19. The summed E-state index contributed by atoms with van der Waals surface area (Å²) in [6.07, 6.45) is 3.15. The van der Waals surface area contributed by atoms with Crippen molar-refractivity contribution >= 4 is 35.1 Å². The minimum atomic E-state index is -0.670. The first-order valence-electron chi connectivity index (χ1n) is 8.38. The van der Waals surface area contributed by atoms with Crippen LogP contribution in [0.25, 0.3) is 0 Å². The topological polar surface area (TPSA) is 107 Å². The smallest absolute Gasteiger partial charge is 0.313 e. The molecule has 0 unspecified atom stereocenters. The highest BCUT2D eigenvalue weighted by molar-refractivity contribution is 6.32. The second-order valence-corrected chi connectivity index (χ2v) is 6.83. The fraction of sp³-hybridized carbons (Fsp3) is 0.471. The third-order valence-corrected chi connectivity index (χ3v) is 5.12. The summed E-state index contributed by atoms with van der Waals surface area (Å²) in [5.41, 5.74) is -0.217. The highest BCUT2D eigenvalue weighted by Gasteiger charge is 2.47. The van der Waals surface area contributed by atoms with Crippen molar-refractivity contribution in [3.63, 3.8) is 0 Å². The maximum Gasteiger partial charge on any atom is 0.313 e. The van der Waals surface area contributed by atoms with Gasteiger partial charge in [0.15, 0.2) is 0 Å². The number of carbonyl (C=O) groups excluding carboxylic acids is 3. The molecule has 0 spiro atoms. The van der Waals surface area contributed by atoms with Crippen molar-refractivity contribution < 1.29 is 24.0 Å². The van der Waals surface area contributed by atoms with Crippen molar-refractivity contribution in [1.29, 1.82) is 0 Å². The number of nitro groups is 1. The van der Waals surface area contributed by atoms with E-state index in [0.29, 0.717) is 12.8 Å². The minimum Gasteiger partial charge on any atom is -0.425 e. The summed E-state index contributed by atoms with van der Waals surface area (Å²) in [5.74, 6) is -1.60. The van der Waals surface area contributed by atoms with Gasteiger partial charge in [0.25, 0.3) is 5.69 Å². The Morgan fingerprint density at radius 2 is 1.85 bits per heavy atom. The number of rotatable bonds is 5. The van der Waals surface area contributed by atoms with E-state index in [2.05, 4.69) is 0 Å². The molecule has 9 heteroatoms. The molecule has 0 bridgehead atoms. The van der Waals surface area contributed by atoms with Crippen LogP contribution in [0.4, 0.5) is 5.69 Å². The molecule has 26 heavy (non-hydrogen) atoms. The number of hydrogen-bond acceptors (Lipinski definition) is 6. The highest BCUT2D eigenvalue weighted by atomic mass is 35.5. The third-order valence-electron chi connectivity index (χ3n) is 4.82. The molecule has 1 saturated heterocycles. The average Bonchev–Trinajstić information content (AvgIpc) is 2.86. The molecule has 1 aliphatic heterocycles. The molecule has 1 heterocycles. The largest absolute Gasteiger partial charge is 0.425 e. The van der Waals surface area contributed by atoms with Crippen molar-refractivity contribution in [2.24, 2.45) is 11.8 Å². The van der Waals surface area contributed by atoms with E-state index in [0.717, 1.165) is 23.8 Å². The zero-order valence-electron chi connectivity index (χ0n) is 13.9. The van der Waals surface area contributed by atoms with Crippen LogP contribution >= 0.6 is 11.6 Å². The van der Waals surface area contributed by atoms with E-state index in [-0.39, 0.29) is 53.1 Å². The van der Waals surface area contributed by atoms with E-state index < -0.39 is 10.9 Å². The van der Waals surface area contributed by atoms with Crippen LogP contribution in [0.3, 0.4) is 0 Å². The highest BCUT2D eigenvalue weighted by Crippen LogP contribution is 2.38. The maximum atomic E-state index is 12.3. The summed E-state index contributed by atoms with van der Waals surface area (Å²) in [6, 6.07) is 3.49. The van der Waals surface area contributed by atoms with Crippen LogP contribution in [-0.2, 0) is 14.4 Å². The molecule has 2 aliphatic rings. The summed E-state index contributed by atoms with van der Waals surface area (Å²) in [4.78, 5) is 47.9. The van der Waals surface area contributed by atoms with Crippen LogP contribution < -0.4 is 4.74 Å². The fourth-order valence-electron chi connectivity index (χ4n) is 3.51. The predicted octanol–water partition coefficient (Wildman–Crippen LogP) is 2.72. The fourth-order valence-corrected chi connectivity index (χ4v) is 3.73. The molecule has 0 radical (unpaired) electrons. The van der Waals surface area contributed by atoms with Crippen LogP contribution in [0.15, 0.2) is 18.2 Å². The molecule has 3 rings (SSSR count). The Kier molecular flexibility index (Phi) is 5.22.